The van der Waals surface area contributed by atoms with Gasteiger partial charge >= 0.3 is 0 Å². The first-order valence-corrected chi connectivity index (χ1v) is 7.00. The Morgan fingerprint density at radius 1 is 1.24 bits per heavy atom. The molecule has 0 aliphatic heterocycles. The molecule has 0 fully saturated rings. The summed E-state index contributed by atoms with van der Waals surface area (Å²) in [7, 11) is 0. The van der Waals surface area contributed by atoms with Crippen LogP contribution in [0.2, 0.25) is 0 Å². The third kappa shape index (κ3) is 2.58. The van der Waals surface area contributed by atoms with Gasteiger partial charge in [0.25, 0.3) is 5.89 Å². The standard InChI is InChI=1S/C13H12N4O3S/c1-6(14)13-15-8(5-21-13)12-16-11(17-20-12)7-2-3-9(18)10(19)4-7/h2-6,18-19H,14H2,1H3. The van der Waals surface area contributed by atoms with Gasteiger partial charge in [0.15, 0.2) is 11.5 Å². The lowest BCUT2D eigenvalue weighted by atomic mass is 10.2. The van der Waals surface area contributed by atoms with E-state index in [1.165, 1.54) is 23.5 Å². The highest BCUT2D eigenvalue weighted by atomic mass is 32.1. The Morgan fingerprint density at radius 2 is 2.05 bits per heavy atom. The van der Waals surface area contributed by atoms with Gasteiger partial charge in [0, 0.05) is 10.9 Å². The van der Waals surface area contributed by atoms with Crippen molar-refractivity contribution in [2.24, 2.45) is 5.73 Å². The first-order chi connectivity index (χ1) is 10.0. The summed E-state index contributed by atoms with van der Waals surface area (Å²) in [5, 5.41) is 25.2. The molecular formula is C13H12N4O3S. The Kier molecular flexibility index (Phi) is 3.32. The molecule has 7 nitrogen and oxygen atoms in total. The number of phenols is 2. The zero-order valence-corrected chi connectivity index (χ0v) is 11.8. The second-order valence-electron chi connectivity index (χ2n) is 4.49. The van der Waals surface area contributed by atoms with E-state index in [2.05, 4.69) is 15.1 Å². The Bertz CT molecular complexity index is 781. The second kappa shape index (κ2) is 5.15. The van der Waals surface area contributed by atoms with Gasteiger partial charge in [-0.3, -0.25) is 0 Å². The minimum absolute atomic E-state index is 0.153. The quantitative estimate of drug-likeness (QED) is 0.635. The normalized spacial score (nSPS) is 12.5. The van der Waals surface area contributed by atoms with Crippen LogP contribution in [0.5, 0.6) is 11.5 Å². The third-order valence-electron chi connectivity index (χ3n) is 2.79. The van der Waals surface area contributed by atoms with Crippen LogP contribution in [0.4, 0.5) is 0 Å². The van der Waals surface area contributed by atoms with Crippen LogP contribution in [0.1, 0.15) is 18.0 Å². The molecule has 0 amide bonds. The van der Waals surface area contributed by atoms with Gasteiger partial charge in [0.05, 0.1) is 6.04 Å². The van der Waals surface area contributed by atoms with Crippen LogP contribution in [0.15, 0.2) is 28.1 Å². The van der Waals surface area contributed by atoms with Crippen molar-refractivity contribution in [3.8, 4) is 34.5 Å². The molecular weight excluding hydrogens is 292 g/mol. The lowest BCUT2D eigenvalue weighted by Crippen LogP contribution is -2.03. The molecule has 0 spiro atoms. The average Bonchev–Trinajstić information content (AvgIpc) is 3.09. The number of aromatic nitrogens is 3. The van der Waals surface area contributed by atoms with Crippen LogP contribution in [0, 0.1) is 0 Å². The van der Waals surface area contributed by atoms with E-state index in [9.17, 15) is 10.2 Å². The number of hydrogen-bond acceptors (Lipinski definition) is 8. The van der Waals surface area contributed by atoms with Crippen molar-refractivity contribution in [3.05, 3.63) is 28.6 Å². The molecule has 3 aromatic rings. The van der Waals surface area contributed by atoms with Crippen LogP contribution in [0.25, 0.3) is 23.0 Å². The summed E-state index contributed by atoms with van der Waals surface area (Å²) in [6, 6.07) is 4.15. The zero-order valence-electron chi connectivity index (χ0n) is 11.0. The monoisotopic (exact) mass is 304 g/mol. The highest BCUT2D eigenvalue weighted by Gasteiger charge is 2.15. The van der Waals surface area contributed by atoms with E-state index in [4.69, 9.17) is 10.3 Å². The fourth-order valence-corrected chi connectivity index (χ4v) is 2.45. The Labute approximate surface area is 123 Å². The molecule has 2 heterocycles. The largest absolute Gasteiger partial charge is 0.504 e. The molecule has 108 valence electrons. The van der Waals surface area contributed by atoms with Gasteiger partial charge in [-0.2, -0.15) is 4.98 Å². The maximum absolute atomic E-state index is 9.49. The number of nitrogens with zero attached hydrogens (tertiary/aromatic N) is 3. The molecule has 0 radical (unpaired) electrons. The molecule has 0 bridgehead atoms. The van der Waals surface area contributed by atoms with Crippen LogP contribution < -0.4 is 5.73 Å². The van der Waals surface area contributed by atoms with Crippen molar-refractivity contribution in [2.45, 2.75) is 13.0 Å². The number of phenolic OH excluding ortho intramolecular Hbond substituents is 2. The Hall–Kier alpha value is -2.45. The predicted octanol–water partition coefficient (Wildman–Crippen LogP) is 2.29. The number of rotatable bonds is 3. The van der Waals surface area contributed by atoms with Gasteiger partial charge in [-0.25, -0.2) is 4.98 Å². The van der Waals surface area contributed by atoms with Crippen molar-refractivity contribution in [2.75, 3.05) is 0 Å². The van der Waals surface area contributed by atoms with Gasteiger partial charge in [-0.05, 0) is 25.1 Å². The molecule has 0 saturated carbocycles. The first-order valence-electron chi connectivity index (χ1n) is 6.12. The van der Waals surface area contributed by atoms with Gasteiger partial charge in [0.1, 0.15) is 10.7 Å². The van der Waals surface area contributed by atoms with Crippen LogP contribution >= 0.6 is 11.3 Å². The number of aromatic hydroxyl groups is 2. The molecule has 0 aliphatic carbocycles. The van der Waals surface area contributed by atoms with Crippen LogP contribution in [0.3, 0.4) is 0 Å². The summed E-state index contributed by atoms with van der Waals surface area (Å²) < 4.78 is 5.17. The molecule has 0 aliphatic rings. The van der Waals surface area contributed by atoms with Crippen molar-refractivity contribution in [1.29, 1.82) is 0 Å². The molecule has 1 aromatic carbocycles. The van der Waals surface area contributed by atoms with Crippen molar-refractivity contribution in [1.82, 2.24) is 15.1 Å². The number of nitrogens with two attached hydrogens (primary N) is 1. The highest BCUT2D eigenvalue weighted by molar-refractivity contribution is 7.10. The molecule has 0 saturated heterocycles. The fourth-order valence-electron chi connectivity index (χ4n) is 1.70. The predicted molar refractivity (Wildman–Crippen MR) is 76.8 cm³/mol. The molecule has 1 unspecified atom stereocenters. The number of thiazole rings is 1. The second-order valence-corrected chi connectivity index (χ2v) is 5.38. The molecule has 21 heavy (non-hydrogen) atoms. The Morgan fingerprint density at radius 3 is 2.71 bits per heavy atom. The molecule has 1 atom stereocenters. The summed E-state index contributed by atoms with van der Waals surface area (Å²) in [6.07, 6.45) is 0. The first kappa shape index (κ1) is 13.5. The third-order valence-corrected chi connectivity index (χ3v) is 3.84. The lowest BCUT2D eigenvalue weighted by molar-refractivity contribution is 0.404. The average molecular weight is 304 g/mol. The van der Waals surface area contributed by atoms with E-state index in [0.717, 1.165) is 5.01 Å². The van der Waals surface area contributed by atoms with E-state index < -0.39 is 0 Å². The Balaban J connectivity index is 1.93. The summed E-state index contributed by atoms with van der Waals surface area (Å²) in [4.78, 5) is 8.55. The van der Waals surface area contributed by atoms with E-state index in [1.54, 1.807) is 11.4 Å². The zero-order chi connectivity index (χ0) is 15.0. The molecule has 3 rings (SSSR count). The SMILES string of the molecule is CC(N)c1nc(-c2nc(-c3ccc(O)c(O)c3)no2)cs1. The van der Waals surface area contributed by atoms with Crippen molar-refractivity contribution in [3.63, 3.8) is 0 Å². The molecule has 2 aromatic heterocycles. The van der Waals surface area contributed by atoms with Gasteiger partial charge < -0.3 is 20.5 Å². The summed E-state index contributed by atoms with van der Waals surface area (Å²) in [5.41, 5.74) is 6.86. The van der Waals surface area contributed by atoms with Gasteiger partial charge in [-0.15, -0.1) is 11.3 Å². The smallest absolute Gasteiger partial charge is 0.277 e. The number of hydrogen-bond donors (Lipinski definition) is 3. The highest BCUT2D eigenvalue weighted by Crippen LogP contribution is 2.30. The lowest BCUT2D eigenvalue weighted by Gasteiger charge is -1.98. The minimum Gasteiger partial charge on any atom is -0.504 e. The van der Waals surface area contributed by atoms with E-state index in [-0.39, 0.29) is 23.4 Å². The maximum Gasteiger partial charge on any atom is 0.277 e. The molecule has 8 heteroatoms. The summed E-state index contributed by atoms with van der Waals surface area (Å²) in [5.74, 6) is 0.131. The topological polar surface area (TPSA) is 118 Å². The minimum atomic E-state index is -0.244. The fraction of sp³-hybridized carbons (Fsp3) is 0.154. The summed E-state index contributed by atoms with van der Waals surface area (Å²) in [6.45, 7) is 1.85. The van der Waals surface area contributed by atoms with E-state index >= 15 is 0 Å². The van der Waals surface area contributed by atoms with Crippen molar-refractivity contribution >= 4 is 11.3 Å². The number of benzene rings is 1. The van der Waals surface area contributed by atoms with Crippen LogP contribution in [-0.2, 0) is 0 Å². The maximum atomic E-state index is 9.49. The van der Waals surface area contributed by atoms with Crippen molar-refractivity contribution < 1.29 is 14.7 Å². The van der Waals surface area contributed by atoms with Gasteiger partial charge in [0.2, 0.25) is 5.82 Å². The van der Waals surface area contributed by atoms with Gasteiger partial charge in [-0.1, -0.05) is 5.16 Å². The summed E-state index contributed by atoms with van der Waals surface area (Å²) >= 11 is 1.43. The van der Waals surface area contributed by atoms with Crippen LogP contribution in [-0.4, -0.2) is 25.3 Å². The van der Waals surface area contributed by atoms with E-state index in [0.29, 0.717) is 17.1 Å². The molecule has 4 N–H and O–H groups in total. The van der Waals surface area contributed by atoms with E-state index in [1.807, 2.05) is 6.92 Å².